The van der Waals surface area contributed by atoms with Crippen LogP contribution in [0.1, 0.15) is 35.8 Å². The second kappa shape index (κ2) is 7.03. The maximum absolute atomic E-state index is 12.3. The molecule has 0 aromatic carbocycles. The van der Waals surface area contributed by atoms with Gasteiger partial charge in [-0.1, -0.05) is 25.4 Å². The van der Waals surface area contributed by atoms with E-state index >= 15 is 0 Å². The number of halogens is 1. The maximum Gasteiger partial charge on any atom is 0.323 e. The number of aliphatic carboxylic acids is 2. The predicted molar refractivity (Wildman–Crippen MR) is 74.5 cm³/mol. The first kappa shape index (κ1) is 16.9. The standard InChI is InChI=1S/C13H15ClN2O5/c1-7(2)9-3-8(4-10(14)15-9)13(21)16(5-11(17)18)6-12(19)20/h3-4,7H,5-6H2,1-2H3,(H,17,18)(H,19,20). The molecule has 0 spiro atoms. The Bertz CT molecular complexity index is 558. The molecule has 0 bridgehead atoms. The van der Waals surface area contributed by atoms with Gasteiger partial charge in [-0.15, -0.1) is 0 Å². The second-order valence-electron chi connectivity index (χ2n) is 4.71. The van der Waals surface area contributed by atoms with Gasteiger partial charge in [-0.3, -0.25) is 14.4 Å². The quantitative estimate of drug-likeness (QED) is 0.770. The van der Waals surface area contributed by atoms with E-state index in [2.05, 4.69) is 4.98 Å². The molecule has 0 saturated heterocycles. The monoisotopic (exact) mass is 314 g/mol. The van der Waals surface area contributed by atoms with Gasteiger partial charge in [-0.2, -0.15) is 0 Å². The van der Waals surface area contributed by atoms with Gasteiger partial charge in [0.2, 0.25) is 0 Å². The fraction of sp³-hybridized carbons (Fsp3) is 0.385. The molecule has 0 saturated carbocycles. The summed E-state index contributed by atoms with van der Waals surface area (Å²) in [4.78, 5) is 38.5. The number of carbonyl (C=O) groups is 3. The first-order valence-corrected chi connectivity index (χ1v) is 6.48. The van der Waals surface area contributed by atoms with E-state index in [0.29, 0.717) is 5.69 Å². The van der Waals surface area contributed by atoms with Crippen molar-refractivity contribution in [2.24, 2.45) is 0 Å². The molecule has 0 unspecified atom stereocenters. The molecule has 2 N–H and O–H groups in total. The highest BCUT2D eigenvalue weighted by Crippen LogP contribution is 2.18. The summed E-state index contributed by atoms with van der Waals surface area (Å²) in [5.41, 5.74) is 0.678. The Morgan fingerprint density at radius 3 is 2.14 bits per heavy atom. The van der Waals surface area contributed by atoms with E-state index in [1.807, 2.05) is 13.8 Å². The molecule has 1 amide bonds. The van der Waals surface area contributed by atoms with Crippen LogP contribution in [0.4, 0.5) is 0 Å². The molecule has 21 heavy (non-hydrogen) atoms. The van der Waals surface area contributed by atoms with Crippen LogP contribution >= 0.6 is 11.6 Å². The molecule has 1 rings (SSSR count). The van der Waals surface area contributed by atoms with Crippen LogP contribution in [0, 0.1) is 0 Å². The number of carbonyl (C=O) groups excluding carboxylic acids is 1. The van der Waals surface area contributed by atoms with Gasteiger partial charge in [-0.25, -0.2) is 4.98 Å². The van der Waals surface area contributed by atoms with E-state index in [9.17, 15) is 14.4 Å². The van der Waals surface area contributed by atoms with Gasteiger partial charge in [0.1, 0.15) is 18.2 Å². The summed E-state index contributed by atoms with van der Waals surface area (Å²) in [7, 11) is 0. The van der Waals surface area contributed by atoms with E-state index in [1.54, 1.807) is 0 Å². The number of amides is 1. The minimum Gasteiger partial charge on any atom is -0.480 e. The Morgan fingerprint density at radius 2 is 1.71 bits per heavy atom. The molecule has 1 aromatic heterocycles. The highest BCUT2D eigenvalue weighted by Gasteiger charge is 2.22. The molecule has 0 aliphatic rings. The summed E-state index contributed by atoms with van der Waals surface area (Å²) in [6.45, 7) is 2.31. The van der Waals surface area contributed by atoms with E-state index in [1.165, 1.54) is 12.1 Å². The zero-order valence-electron chi connectivity index (χ0n) is 11.5. The average molecular weight is 315 g/mol. The van der Waals surface area contributed by atoms with Gasteiger partial charge in [0.05, 0.1) is 0 Å². The molecule has 7 nitrogen and oxygen atoms in total. The Morgan fingerprint density at radius 1 is 1.19 bits per heavy atom. The minimum atomic E-state index is -1.30. The zero-order valence-corrected chi connectivity index (χ0v) is 12.3. The van der Waals surface area contributed by atoms with Gasteiger partial charge in [0, 0.05) is 11.3 Å². The van der Waals surface area contributed by atoms with Crippen LogP contribution in [0.15, 0.2) is 12.1 Å². The van der Waals surface area contributed by atoms with Crippen molar-refractivity contribution in [3.63, 3.8) is 0 Å². The maximum atomic E-state index is 12.3. The molecule has 1 heterocycles. The molecular weight excluding hydrogens is 300 g/mol. The molecule has 0 radical (unpaired) electrons. The van der Waals surface area contributed by atoms with Crippen molar-refractivity contribution < 1.29 is 24.6 Å². The second-order valence-corrected chi connectivity index (χ2v) is 5.09. The van der Waals surface area contributed by atoms with Crippen molar-refractivity contribution in [3.8, 4) is 0 Å². The Labute approximate surface area is 126 Å². The Balaban J connectivity index is 3.13. The zero-order chi connectivity index (χ0) is 16.2. The lowest BCUT2D eigenvalue weighted by atomic mass is 10.1. The summed E-state index contributed by atoms with van der Waals surface area (Å²) in [5, 5.41) is 17.6. The van der Waals surface area contributed by atoms with Crippen molar-refractivity contribution in [3.05, 3.63) is 28.5 Å². The van der Waals surface area contributed by atoms with Crippen LogP contribution in [0.3, 0.4) is 0 Å². The van der Waals surface area contributed by atoms with E-state index in [-0.39, 0.29) is 16.6 Å². The highest BCUT2D eigenvalue weighted by atomic mass is 35.5. The van der Waals surface area contributed by atoms with Gasteiger partial charge in [0.15, 0.2) is 0 Å². The Kier molecular flexibility index (Phi) is 5.66. The first-order valence-electron chi connectivity index (χ1n) is 6.11. The summed E-state index contributed by atoms with van der Waals surface area (Å²) in [6.07, 6.45) is 0. The molecule has 0 atom stereocenters. The summed E-state index contributed by atoms with van der Waals surface area (Å²) in [5.74, 6) is -3.30. The van der Waals surface area contributed by atoms with Crippen molar-refractivity contribution in [1.29, 1.82) is 0 Å². The smallest absolute Gasteiger partial charge is 0.323 e. The molecule has 0 fully saturated rings. The number of hydrogen-bond donors (Lipinski definition) is 2. The minimum absolute atomic E-state index is 0.0163. The number of rotatable bonds is 6. The normalized spacial score (nSPS) is 10.5. The number of aromatic nitrogens is 1. The lowest BCUT2D eigenvalue weighted by Gasteiger charge is -2.19. The highest BCUT2D eigenvalue weighted by molar-refractivity contribution is 6.29. The van der Waals surface area contributed by atoms with Crippen LogP contribution in [0.2, 0.25) is 5.15 Å². The fourth-order valence-electron chi connectivity index (χ4n) is 1.65. The average Bonchev–Trinajstić information content (AvgIpc) is 2.35. The SMILES string of the molecule is CC(C)c1cc(C(=O)N(CC(=O)O)CC(=O)O)cc(Cl)n1. The van der Waals surface area contributed by atoms with Crippen molar-refractivity contribution in [1.82, 2.24) is 9.88 Å². The molecule has 114 valence electrons. The van der Waals surface area contributed by atoms with Crippen LogP contribution in [-0.2, 0) is 9.59 Å². The summed E-state index contributed by atoms with van der Waals surface area (Å²) < 4.78 is 0. The summed E-state index contributed by atoms with van der Waals surface area (Å²) >= 11 is 5.84. The van der Waals surface area contributed by atoms with Crippen LogP contribution in [0.25, 0.3) is 0 Å². The number of pyridine rings is 1. The largest absolute Gasteiger partial charge is 0.480 e. The van der Waals surface area contributed by atoms with Gasteiger partial charge < -0.3 is 15.1 Å². The van der Waals surface area contributed by atoms with E-state index in [4.69, 9.17) is 21.8 Å². The third kappa shape index (κ3) is 5.03. The van der Waals surface area contributed by atoms with Crippen LogP contribution < -0.4 is 0 Å². The molecule has 8 heteroatoms. The van der Waals surface area contributed by atoms with E-state index in [0.717, 1.165) is 4.90 Å². The van der Waals surface area contributed by atoms with Gasteiger partial charge in [0.25, 0.3) is 5.91 Å². The van der Waals surface area contributed by atoms with Crippen LogP contribution in [-0.4, -0.2) is 51.0 Å². The topological polar surface area (TPSA) is 108 Å². The first-order chi connectivity index (χ1) is 9.70. The van der Waals surface area contributed by atoms with E-state index < -0.39 is 30.9 Å². The molecule has 0 aliphatic carbocycles. The number of carboxylic acid groups (broad SMARTS) is 2. The lowest BCUT2D eigenvalue weighted by Crippen LogP contribution is -2.39. The number of nitrogens with zero attached hydrogens (tertiary/aromatic N) is 2. The third-order valence-corrected chi connectivity index (χ3v) is 2.79. The van der Waals surface area contributed by atoms with Crippen molar-refractivity contribution >= 4 is 29.4 Å². The van der Waals surface area contributed by atoms with Crippen LogP contribution in [0.5, 0.6) is 0 Å². The van der Waals surface area contributed by atoms with Crippen molar-refractivity contribution in [2.75, 3.05) is 13.1 Å². The lowest BCUT2D eigenvalue weighted by molar-refractivity contribution is -0.140. The third-order valence-electron chi connectivity index (χ3n) is 2.59. The Hall–Kier alpha value is -2.15. The molecular formula is C13H15ClN2O5. The molecule has 1 aromatic rings. The van der Waals surface area contributed by atoms with Gasteiger partial charge in [-0.05, 0) is 18.1 Å². The fourth-order valence-corrected chi connectivity index (χ4v) is 1.86. The summed E-state index contributed by atoms with van der Waals surface area (Å²) in [6, 6.07) is 2.77. The van der Waals surface area contributed by atoms with Gasteiger partial charge >= 0.3 is 11.9 Å². The molecule has 0 aliphatic heterocycles. The van der Waals surface area contributed by atoms with Crippen molar-refractivity contribution in [2.45, 2.75) is 19.8 Å². The predicted octanol–water partition coefficient (Wildman–Crippen LogP) is 1.47. The number of carboxylic acids is 2. The number of hydrogen-bond acceptors (Lipinski definition) is 4.